The average molecular weight is 199 g/mol. The molecule has 1 aromatic heterocycles. The van der Waals surface area contributed by atoms with Crippen molar-refractivity contribution < 1.29 is 0 Å². The Bertz CT molecular complexity index is 223. The molecule has 13 heavy (non-hydrogen) atoms. The van der Waals surface area contributed by atoms with Gasteiger partial charge < -0.3 is 5.73 Å². The van der Waals surface area contributed by atoms with Gasteiger partial charge >= 0.3 is 0 Å². The molecule has 1 rings (SSSR count). The summed E-state index contributed by atoms with van der Waals surface area (Å²) >= 11 is 1.64. The SMILES string of the molecule is CC(CCN)N(C)Cc1cscn1. The van der Waals surface area contributed by atoms with Gasteiger partial charge in [-0.05, 0) is 26.9 Å². The molecule has 3 nitrogen and oxygen atoms in total. The summed E-state index contributed by atoms with van der Waals surface area (Å²) < 4.78 is 0. The average Bonchev–Trinajstić information content (AvgIpc) is 2.57. The maximum Gasteiger partial charge on any atom is 0.0795 e. The summed E-state index contributed by atoms with van der Waals surface area (Å²) in [4.78, 5) is 6.52. The van der Waals surface area contributed by atoms with Gasteiger partial charge in [0, 0.05) is 18.0 Å². The lowest BCUT2D eigenvalue weighted by Gasteiger charge is -2.23. The molecule has 1 atom stereocenters. The highest BCUT2D eigenvalue weighted by atomic mass is 32.1. The number of rotatable bonds is 5. The zero-order valence-corrected chi connectivity index (χ0v) is 9.05. The minimum absolute atomic E-state index is 0.534. The van der Waals surface area contributed by atoms with Gasteiger partial charge in [0.1, 0.15) is 0 Å². The summed E-state index contributed by atoms with van der Waals surface area (Å²) in [7, 11) is 2.11. The molecule has 1 unspecified atom stereocenters. The van der Waals surface area contributed by atoms with Gasteiger partial charge in [-0.2, -0.15) is 0 Å². The molecule has 0 radical (unpaired) electrons. The molecule has 0 aliphatic carbocycles. The first-order chi connectivity index (χ1) is 6.24. The van der Waals surface area contributed by atoms with Gasteiger partial charge in [0.2, 0.25) is 0 Å². The minimum Gasteiger partial charge on any atom is -0.330 e. The topological polar surface area (TPSA) is 42.1 Å². The van der Waals surface area contributed by atoms with E-state index in [4.69, 9.17) is 5.73 Å². The Morgan fingerprint density at radius 1 is 1.69 bits per heavy atom. The molecule has 0 aromatic carbocycles. The number of nitrogens with two attached hydrogens (primary N) is 1. The Labute approximate surface area is 83.6 Å². The van der Waals surface area contributed by atoms with E-state index >= 15 is 0 Å². The molecule has 0 aliphatic rings. The van der Waals surface area contributed by atoms with E-state index in [0.717, 1.165) is 25.2 Å². The van der Waals surface area contributed by atoms with Crippen LogP contribution in [-0.2, 0) is 6.54 Å². The summed E-state index contributed by atoms with van der Waals surface area (Å²) in [6.07, 6.45) is 1.04. The first kappa shape index (κ1) is 10.6. The maximum atomic E-state index is 5.50. The van der Waals surface area contributed by atoms with E-state index < -0.39 is 0 Å². The van der Waals surface area contributed by atoms with Gasteiger partial charge in [0.15, 0.2) is 0 Å². The zero-order chi connectivity index (χ0) is 9.68. The number of hydrogen-bond acceptors (Lipinski definition) is 4. The third-order valence-corrected chi connectivity index (χ3v) is 2.87. The zero-order valence-electron chi connectivity index (χ0n) is 8.23. The molecule has 2 N–H and O–H groups in total. The third-order valence-electron chi connectivity index (χ3n) is 2.23. The molecular weight excluding hydrogens is 182 g/mol. The first-order valence-electron chi connectivity index (χ1n) is 4.51. The predicted molar refractivity (Wildman–Crippen MR) is 56.7 cm³/mol. The van der Waals surface area contributed by atoms with Crippen molar-refractivity contribution in [2.24, 2.45) is 5.73 Å². The Kier molecular flexibility index (Phi) is 4.35. The van der Waals surface area contributed by atoms with E-state index in [2.05, 4.69) is 29.2 Å². The van der Waals surface area contributed by atoms with E-state index in [0.29, 0.717) is 6.04 Å². The van der Waals surface area contributed by atoms with Crippen LogP contribution in [-0.4, -0.2) is 29.5 Å². The Morgan fingerprint density at radius 3 is 3.00 bits per heavy atom. The number of thiazole rings is 1. The fourth-order valence-corrected chi connectivity index (χ4v) is 1.74. The summed E-state index contributed by atoms with van der Waals surface area (Å²) in [6.45, 7) is 3.87. The molecule has 0 spiro atoms. The number of hydrogen-bond donors (Lipinski definition) is 1. The second-order valence-corrected chi connectivity index (χ2v) is 4.04. The van der Waals surface area contributed by atoms with Crippen LogP contribution in [0.25, 0.3) is 0 Å². The lowest BCUT2D eigenvalue weighted by atomic mass is 10.2. The van der Waals surface area contributed by atoms with Gasteiger partial charge in [0.05, 0.1) is 11.2 Å². The summed E-state index contributed by atoms with van der Waals surface area (Å²) in [5.74, 6) is 0. The van der Waals surface area contributed by atoms with Crippen LogP contribution < -0.4 is 5.73 Å². The van der Waals surface area contributed by atoms with E-state index in [1.807, 2.05) is 5.51 Å². The highest BCUT2D eigenvalue weighted by molar-refractivity contribution is 7.07. The van der Waals surface area contributed by atoms with Crippen molar-refractivity contribution in [1.29, 1.82) is 0 Å². The van der Waals surface area contributed by atoms with Crippen LogP contribution in [0.4, 0.5) is 0 Å². The summed E-state index contributed by atoms with van der Waals surface area (Å²) in [5.41, 5.74) is 8.52. The quantitative estimate of drug-likeness (QED) is 0.777. The molecule has 1 heterocycles. The molecule has 0 saturated carbocycles. The van der Waals surface area contributed by atoms with Crippen molar-refractivity contribution in [3.8, 4) is 0 Å². The van der Waals surface area contributed by atoms with Crippen molar-refractivity contribution in [3.05, 3.63) is 16.6 Å². The van der Waals surface area contributed by atoms with E-state index in [1.54, 1.807) is 11.3 Å². The van der Waals surface area contributed by atoms with Gasteiger partial charge in [-0.15, -0.1) is 11.3 Å². The lowest BCUT2D eigenvalue weighted by molar-refractivity contribution is 0.238. The van der Waals surface area contributed by atoms with Crippen molar-refractivity contribution in [2.75, 3.05) is 13.6 Å². The number of aromatic nitrogens is 1. The van der Waals surface area contributed by atoms with Crippen molar-refractivity contribution >= 4 is 11.3 Å². The van der Waals surface area contributed by atoms with Gasteiger partial charge in [-0.25, -0.2) is 4.98 Å². The van der Waals surface area contributed by atoms with Crippen molar-refractivity contribution in [3.63, 3.8) is 0 Å². The fourth-order valence-electron chi connectivity index (χ4n) is 1.19. The second-order valence-electron chi connectivity index (χ2n) is 3.32. The summed E-state index contributed by atoms with van der Waals surface area (Å²) in [5, 5.41) is 2.09. The van der Waals surface area contributed by atoms with Crippen molar-refractivity contribution in [1.82, 2.24) is 9.88 Å². The van der Waals surface area contributed by atoms with Crippen LogP contribution in [0.5, 0.6) is 0 Å². The van der Waals surface area contributed by atoms with E-state index in [-0.39, 0.29) is 0 Å². The molecule has 0 amide bonds. The molecule has 0 aliphatic heterocycles. The van der Waals surface area contributed by atoms with Crippen molar-refractivity contribution in [2.45, 2.75) is 25.9 Å². The van der Waals surface area contributed by atoms with Gasteiger partial charge in [-0.3, -0.25) is 4.90 Å². The Morgan fingerprint density at radius 2 is 2.46 bits per heavy atom. The third kappa shape index (κ3) is 3.42. The highest BCUT2D eigenvalue weighted by Crippen LogP contribution is 2.07. The smallest absolute Gasteiger partial charge is 0.0795 e. The van der Waals surface area contributed by atoms with Crippen LogP contribution in [0.1, 0.15) is 19.0 Å². The molecule has 0 bridgehead atoms. The Balaban J connectivity index is 2.36. The molecule has 1 aromatic rings. The van der Waals surface area contributed by atoms with Crippen LogP contribution in [0.15, 0.2) is 10.9 Å². The molecule has 0 fully saturated rings. The number of nitrogens with zero attached hydrogens (tertiary/aromatic N) is 2. The van der Waals surface area contributed by atoms with Gasteiger partial charge in [-0.1, -0.05) is 0 Å². The normalized spacial score (nSPS) is 13.5. The fraction of sp³-hybridized carbons (Fsp3) is 0.667. The maximum absolute atomic E-state index is 5.50. The highest BCUT2D eigenvalue weighted by Gasteiger charge is 2.08. The van der Waals surface area contributed by atoms with E-state index in [1.165, 1.54) is 0 Å². The second kappa shape index (κ2) is 5.32. The standard InChI is InChI=1S/C9H17N3S/c1-8(3-4-10)12(2)5-9-6-13-7-11-9/h6-8H,3-5,10H2,1-2H3. The summed E-state index contributed by atoms with van der Waals surface area (Å²) in [6, 6.07) is 0.534. The molecule has 74 valence electrons. The van der Waals surface area contributed by atoms with Crippen LogP contribution >= 0.6 is 11.3 Å². The largest absolute Gasteiger partial charge is 0.330 e. The Hall–Kier alpha value is -0.450. The molecule has 0 saturated heterocycles. The minimum atomic E-state index is 0.534. The molecular formula is C9H17N3S. The van der Waals surface area contributed by atoms with E-state index in [9.17, 15) is 0 Å². The van der Waals surface area contributed by atoms with Gasteiger partial charge in [0.25, 0.3) is 0 Å². The van der Waals surface area contributed by atoms with Crippen LogP contribution in [0.2, 0.25) is 0 Å². The van der Waals surface area contributed by atoms with Crippen LogP contribution in [0.3, 0.4) is 0 Å². The lowest BCUT2D eigenvalue weighted by Crippen LogP contribution is -2.30. The monoisotopic (exact) mass is 199 g/mol. The van der Waals surface area contributed by atoms with Crippen LogP contribution in [0, 0.1) is 0 Å². The predicted octanol–water partition coefficient (Wildman–Crippen LogP) is 1.31. The first-order valence-corrected chi connectivity index (χ1v) is 5.45. The molecule has 4 heteroatoms.